The monoisotopic (exact) mass is 310 g/mol. The lowest BCUT2D eigenvalue weighted by Gasteiger charge is -2.07. The molecule has 0 saturated carbocycles. The summed E-state index contributed by atoms with van der Waals surface area (Å²) in [7, 11) is 0. The highest BCUT2D eigenvalue weighted by molar-refractivity contribution is 6.14. The normalized spacial score (nSPS) is 10.8. The standard InChI is InChI=1S/C16H10N2O5/c17-9-3-6-11(16(22)23)12(7-9)13(19)8-1-4-10(5-2-8)18-14(20)15(18)21/h1-7H,17H2,(H,22,23). The number of aromatic carboxylic acids is 1. The SMILES string of the molecule is Nc1ccc(C(=O)O)c(C(=O)c2ccc(-n3c(=O)c3=O)cc2)c1. The van der Waals surface area contributed by atoms with Crippen molar-refractivity contribution in [2.24, 2.45) is 0 Å². The van der Waals surface area contributed by atoms with Crippen molar-refractivity contribution in [3.63, 3.8) is 0 Å². The Morgan fingerprint density at radius 3 is 2.04 bits per heavy atom. The first kappa shape index (κ1) is 14.5. The number of benzene rings is 2. The fourth-order valence-corrected chi connectivity index (χ4v) is 2.22. The third kappa shape index (κ3) is 2.44. The average molecular weight is 310 g/mol. The first-order valence-electron chi connectivity index (χ1n) is 6.56. The molecule has 0 aliphatic carbocycles. The molecule has 23 heavy (non-hydrogen) atoms. The molecule has 0 radical (unpaired) electrons. The number of nitrogens with two attached hydrogens (primary N) is 1. The van der Waals surface area contributed by atoms with Gasteiger partial charge in [0.15, 0.2) is 5.78 Å². The van der Waals surface area contributed by atoms with Crippen LogP contribution in [0.1, 0.15) is 26.3 Å². The van der Waals surface area contributed by atoms with Gasteiger partial charge in [-0.05, 0) is 42.5 Å². The number of carbonyl (C=O) groups excluding carboxylic acids is 1. The fourth-order valence-electron chi connectivity index (χ4n) is 2.22. The van der Waals surface area contributed by atoms with Gasteiger partial charge >= 0.3 is 17.1 Å². The summed E-state index contributed by atoms with van der Waals surface area (Å²) in [6, 6.07) is 9.72. The molecule has 3 aromatic rings. The minimum Gasteiger partial charge on any atom is -0.478 e. The number of ketones is 1. The second-order valence-electron chi connectivity index (χ2n) is 4.93. The molecule has 3 N–H and O–H groups in total. The van der Waals surface area contributed by atoms with Crippen LogP contribution < -0.4 is 16.9 Å². The smallest absolute Gasteiger partial charge is 0.336 e. The maximum Gasteiger partial charge on any atom is 0.336 e. The van der Waals surface area contributed by atoms with E-state index in [-0.39, 0.29) is 22.4 Å². The van der Waals surface area contributed by atoms with Crippen molar-refractivity contribution in [1.29, 1.82) is 0 Å². The summed E-state index contributed by atoms with van der Waals surface area (Å²) in [5, 5.41) is 9.16. The number of rotatable bonds is 4. The van der Waals surface area contributed by atoms with E-state index in [1.54, 1.807) is 0 Å². The number of aromatic nitrogens is 1. The molecule has 0 amide bonds. The molecular formula is C16H10N2O5. The van der Waals surface area contributed by atoms with Crippen molar-refractivity contribution >= 4 is 17.4 Å². The molecule has 0 fully saturated rings. The zero-order chi connectivity index (χ0) is 16.7. The van der Waals surface area contributed by atoms with E-state index in [4.69, 9.17) is 10.8 Å². The van der Waals surface area contributed by atoms with Gasteiger partial charge in [-0.2, -0.15) is 0 Å². The summed E-state index contributed by atoms with van der Waals surface area (Å²) >= 11 is 0. The van der Waals surface area contributed by atoms with Crippen LogP contribution in [0.15, 0.2) is 52.1 Å². The van der Waals surface area contributed by atoms with Gasteiger partial charge in [0.05, 0.1) is 11.3 Å². The van der Waals surface area contributed by atoms with Gasteiger partial charge in [0.25, 0.3) is 0 Å². The molecule has 114 valence electrons. The largest absolute Gasteiger partial charge is 0.478 e. The molecule has 0 unspecified atom stereocenters. The Morgan fingerprint density at radius 1 is 0.913 bits per heavy atom. The Hall–Kier alpha value is -3.48. The van der Waals surface area contributed by atoms with Crippen LogP contribution in [0, 0.1) is 0 Å². The number of carboxylic acid groups (broad SMARTS) is 1. The molecule has 0 bridgehead atoms. The summed E-state index contributed by atoms with van der Waals surface area (Å²) in [5.74, 6) is -1.74. The fraction of sp³-hybridized carbons (Fsp3) is 0. The van der Waals surface area contributed by atoms with Crippen LogP contribution in [0.5, 0.6) is 0 Å². The Kier molecular flexibility index (Phi) is 3.18. The predicted octanol–water partition coefficient (Wildman–Crippen LogP) is 0.585. The van der Waals surface area contributed by atoms with Crippen LogP contribution >= 0.6 is 0 Å². The van der Waals surface area contributed by atoms with Crippen molar-refractivity contribution in [3.05, 3.63) is 79.9 Å². The summed E-state index contributed by atoms with van der Waals surface area (Å²) < 4.78 is 0.970. The van der Waals surface area contributed by atoms with E-state index < -0.39 is 22.9 Å². The van der Waals surface area contributed by atoms with Gasteiger partial charge in [-0.1, -0.05) is 0 Å². The number of carboxylic acids is 1. The van der Waals surface area contributed by atoms with Crippen molar-refractivity contribution in [2.75, 3.05) is 5.73 Å². The molecular weight excluding hydrogens is 300 g/mol. The molecule has 0 aliphatic rings. The molecule has 0 aliphatic heterocycles. The van der Waals surface area contributed by atoms with Gasteiger partial charge < -0.3 is 10.8 Å². The van der Waals surface area contributed by atoms with Crippen molar-refractivity contribution in [1.82, 2.24) is 4.57 Å². The molecule has 3 rings (SSSR count). The molecule has 7 heteroatoms. The van der Waals surface area contributed by atoms with Gasteiger partial charge in [0, 0.05) is 16.8 Å². The lowest BCUT2D eigenvalue weighted by atomic mass is 9.97. The number of anilines is 1. The molecule has 2 aromatic carbocycles. The number of nitrogens with zero attached hydrogens (tertiary/aromatic N) is 1. The van der Waals surface area contributed by atoms with Crippen LogP contribution in [0.4, 0.5) is 5.69 Å². The Balaban J connectivity index is 2.00. The van der Waals surface area contributed by atoms with Gasteiger partial charge in [-0.25, -0.2) is 9.36 Å². The molecule has 1 heterocycles. The van der Waals surface area contributed by atoms with E-state index in [2.05, 4.69) is 0 Å². The van der Waals surface area contributed by atoms with Crippen LogP contribution in [0.25, 0.3) is 5.69 Å². The molecule has 0 spiro atoms. The minimum atomic E-state index is -1.23. The zero-order valence-electron chi connectivity index (χ0n) is 11.6. The molecule has 0 saturated heterocycles. The van der Waals surface area contributed by atoms with E-state index in [9.17, 15) is 19.2 Å². The summed E-state index contributed by atoms with van der Waals surface area (Å²) in [5.41, 5.74) is 5.10. The lowest BCUT2D eigenvalue weighted by Crippen LogP contribution is -2.10. The number of carbonyl (C=O) groups is 2. The second-order valence-corrected chi connectivity index (χ2v) is 4.93. The van der Waals surface area contributed by atoms with E-state index in [1.807, 2.05) is 0 Å². The van der Waals surface area contributed by atoms with Crippen LogP contribution in [-0.2, 0) is 0 Å². The van der Waals surface area contributed by atoms with Gasteiger partial charge in [-0.15, -0.1) is 0 Å². The Bertz CT molecular complexity index is 982. The summed E-state index contributed by atoms with van der Waals surface area (Å²) in [6.45, 7) is 0. The highest BCUT2D eigenvalue weighted by atomic mass is 16.4. The van der Waals surface area contributed by atoms with Crippen LogP contribution in [0.3, 0.4) is 0 Å². The topological polar surface area (TPSA) is 119 Å². The average Bonchev–Trinajstić information content (AvgIpc) is 3.13. The number of nitrogen functional groups attached to an aromatic ring is 1. The van der Waals surface area contributed by atoms with Crippen LogP contribution in [0.2, 0.25) is 0 Å². The number of hydrogen-bond acceptors (Lipinski definition) is 5. The lowest BCUT2D eigenvalue weighted by molar-refractivity contribution is 0.0693. The first-order chi connectivity index (χ1) is 10.9. The van der Waals surface area contributed by atoms with E-state index in [0.29, 0.717) is 5.69 Å². The highest BCUT2D eigenvalue weighted by Crippen LogP contribution is 2.19. The quantitative estimate of drug-likeness (QED) is 0.413. The van der Waals surface area contributed by atoms with Crippen molar-refractivity contribution < 1.29 is 14.7 Å². The minimum absolute atomic E-state index is 0.0240. The third-order valence-corrected chi connectivity index (χ3v) is 3.45. The summed E-state index contributed by atoms with van der Waals surface area (Å²) in [4.78, 5) is 45.8. The first-order valence-corrected chi connectivity index (χ1v) is 6.56. The molecule has 7 nitrogen and oxygen atoms in total. The predicted molar refractivity (Wildman–Crippen MR) is 81.9 cm³/mol. The second kappa shape index (κ2) is 5.06. The van der Waals surface area contributed by atoms with Gasteiger partial charge in [-0.3, -0.25) is 14.4 Å². The molecule has 0 atom stereocenters. The zero-order valence-corrected chi connectivity index (χ0v) is 11.6. The third-order valence-electron chi connectivity index (χ3n) is 3.45. The molecule has 1 aromatic heterocycles. The van der Waals surface area contributed by atoms with E-state index in [1.165, 1.54) is 42.5 Å². The Labute approximate surface area is 128 Å². The number of hydrogen-bond donors (Lipinski definition) is 2. The van der Waals surface area contributed by atoms with Gasteiger partial charge in [0.1, 0.15) is 0 Å². The van der Waals surface area contributed by atoms with E-state index >= 15 is 0 Å². The highest BCUT2D eigenvalue weighted by Gasteiger charge is 2.20. The van der Waals surface area contributed by atoms with Crippen LogP contribution in [-0.4, -0.2) is 21.4 Å². The van der Waals surface area contributed by atoms with E-state index in [0.717, 1.165) is 4.57 Å². The summed E-state index contributed by atoms with van der Waals surface area (Å²) in [6.07, 6.45) is 0. The Morgan fingerprint density at radius 2 is 1.52 bits per heavy atom. The van der Waals surface area contributed by atoms with Crippen molar-refractivity contribution in [2.45, 2.75) is 0 Å². The maximum absolute atomic E-state index is 12.5. The van der Waals surface area contributed by atoms with Gasteiger partial charge in [0.2, 0.25) is 0 Å². The maximum atomic E-state index is 12.5. The van der Waals surface area contributed by atoms with Crippen molar-refractivity contribution in [3.8, 4) is 5.69 Å².